The molecule has 2 rings (SSSR count). The highest BCUT2D eigenvalue weighted by atomic mass is 19.1. The van der Waals surface area contributed by atoms with Gasteiger partial charge >= 0.3 is 0 Å². The van der Waals surface area contributed by atoms with Gasteiger partial charge < -0.3 is 5.32 Å². The molecule has 0 spiro atoms. The molecule has 0 unspecified atom stereocenters. The molecule has 1 aromatic carbocycles. The fourth-order valence-corrected chi connectivity index (χ4v) is 1.93. The van der Waals surface area contributed by atoms with Gasteiger partial charge in [-0.15, -0.1) is 0 Å². The highest BCUT2D eigenvalue weighted by Crippen LogP contribution is 2.22. The lowest BCUT2D eigenvalue weighted by Crippen LogP contribution is -2.37. The Bertz CT molecular complexity index is 649. The summed E-state index contributed by atoms with van der Waals surface area (Å²) in [5, 5.41) is 7.15. The van der Waals surface area contributed by atoms with Crippen LogP contribution in [0.4, 0.5) is 4.39 Å². The summed E-state index contributed by atoms with van der Waals surface area (Å²) in [5.74, 6) is -0.208. The maximum atomic E-state index is 13.8. The molecule has 0 aliphatic heterocycles. The van der Waals surface area contributed by atoms with Crippen LogP contribution in [0.15, 0.2) is 30.3 Å². The molecule has 4 nitrogen and oxygen atoms in total. The maximum Gasteiger partial charge on any atom is 0.269 e. The lowest BCUT2D eigenvalue weighted by molar-refractivity contribution is 0.0921. The van der Waals surface area contributed by atoms with Gasteiger partial charge in [-0.2, -0.15) is 5.10 Å². The van der Waals surface area contributed by atoms with Gasteiger partial charge in [-0.3, -0.25) is 9.48 Å². The van der Waals surface area contributed by atoms with Gasteiger partial charge in [0.15, 0.2) is 0 Å². The highest BCUT2D eigenvalue weighted by molar-refractivity contribution is 5.93. The molecule has 5 heteroatoms. The maximum absolute atomic E-state index is 13.8. The molecular weight excluding hydrogens is 269 g/mol. The Morgan fingerprint density at radius 1 is 1.29 bits per heavy atom. The number of carbonyl (C=O) groups is 1. The van der Waals surface area contributed by atoms with Crippen LogP contribution >= 0.6 is 0 Å². The minimum absolute atomic E-state index is 0.0595. The minimum Gasteiger partial charge on any atom is -0.348 e. The van der Waals surface area contributed by atoms with Crippen LogP contribution in [-0.4, -0.2) is 21.7 Å². The van der Waals surface area contributed by atoms with E-state index >= 15 is 0 Å². The summed E-state index contributed by atoms with van der Waals surface area (Å²) in [6, 6.07) is 8.07. The molecule has 0 saturated carbocycles. The molecule has 112 valence electrons. The molecular formula is C16H20FN3O. The number of amides is 1. The van der Waals surface area contributed by atoms with Crippen LogP contribution in [-0.2, 0) is 7.05 Å². The molecule has 1 N–H and O–H groups in total. The fourth-order valence-electron chi connectivity index (χ4n) is 1.93. The second kappa shape index (κ2) is 6.08. The molecule has 21 heavy (non-hydrogen) atoms. The molecule has 0 saturated heterocycles. The second-order valence-corrected chi connectivity index (χ2v) is 5.52. The number of hydrogen-bond acceptors (Lipinski definition) is 2. The molecule has 0 aliphatic carbocycles. The highest BCUT2D eigenvalue weighted by Gasteiger charge is 2.18. The molecule has 2 aromatic rings. The average molecular weight is 289 g/mol. The van der Waals surface area contributed by atoms with Gasteiger partial charge in [0.2, 0.25) is 0 Å². The van der Waals surface area contributed by atoms with Gasteiger partial charge in [0.1, 0.15) is 11.5 Å². The van der Waals surface area contributed by atoms with Crippen molar-refractivity contribution in [3.63, 3.8) is 0 Å². The number of benzene rings is 1. The van der Waals surface area contributed by atoms with E-state index in [9.17, 15) is 9.18 Å². The van der Waals surface area contributed by atoms with Crippen molar-refractivity contribution in [3.8, 4) is 11.3 Å². The van der Waals surface area contributed by atoms with Gasteiger partial charge in [0.25, 0.3) is 5.91 Å². The molecule has 0 bridgehead atoms. The van der Waals surface area contributed by atoms with Crippen molar-refractivity contribution in [2.45, 2.75) is 26.8 Å². The normalized spacial score (nSPS) is 12.5. The summed E-state index contributed by atoms with van der Waals surface area (Å²) in [4.78, 5) is 12.2. The van der Waals surface area contributed by atoms with E-state index in [-0.39, 0.29) is 17.8 Å². The first kappa shape index (κ1) is 15.2. The standard InChI is InChI=1S/C16H20FN3O/c1-10(2)11(3)18-16(21)15-9-14(19-20(15)4)12-7-5-6-8-13(12)17/h5-11H,1-4H3,(H,18,21)/t11-/m1/s1. The molecule has 0 aliphatic rings. The lowest BCUT2D eigenvalue weighted by atomic mass is 10.1. The lowest BCUT2D eigenvalue weighted by Gasteiger charge is -2.17. The minimum atomic E-state index is -0.349. The summed E-state index contributed by atoms with van der Waals surface area (Å²) < 4.78 is 15.3. The van der Waals surface area contributed by atoms with E-state index in [0.717, 1.165) is 0 Å². The van der Waals surface area contributed by atoms with Crippen LogP contribution < -0.4 is 5.32 Å². The number of rotatable bonds is 4. The zero-order valence-corrected chi connectivity index (χ0v) is 12.7. The van der Waals surface area contributed by atoms with Gasteiger partial charge in [-0.25, -0.2) is 4.39 Å². The predicted molar refractivity (Wildman–Crippen MR) is 80.4 cm³/mol. The number of carbonyl (C=O) groups excluding carboxylic acids is 1. The number of nitrogens with one attached hydrogen (secondary N) is 1. The Hall–Kier alpha value is -2.17. The summed E-state index contributed by atoms with van der Waals surface area (Å²) in [5.41, 5.74) is 1.27. The van der Waals surface area contributed by atoms with E-state index in [1.54, 1.807) is 31.3 Å². The van der Waals surface area contributed by atoms with Crippen LogP contribution in [0, 0.1) is 11.7 Å². The van der Waals surface area contributed by atoms with Crippen molar-refractivity contribution >= 4 is 5.91 Å². The zero-order chi connectivity index (χ0) is 15.6. The first-order valence-electron chi connectivity index (χ1n) is 7.00. The van der Waals surface area contributed by atoms with Crippen molar-refractivity contribution in [2.24, 2.45) is 13.0 Å². The van der Waals surface area contributed by atoms with Crippen molar-refractivity contribution < 1.29 is 9.18 Å². The third-order valence-electron chi connectivity index (χ3n) is 3.62. The van der Waals surface area contributed by atoms with Crippen molar-refractivity contribution in [2.75, 3.05) is 0 Å². The van der Waals surface area contributed by atoms with E-state index in [1.807, 2.05) is 20.8 Å². The number of nitrogens with zero attached hydrogens (tertiary/aromatic N) is 2. The van der Waals surface area contributed by atoms with E-state index in [2.05, 4.69) is 10.4 Å². The Labute approximate surface area is 124 Å². The number of halogens is 1. The predicted octanol–water partition coefficient (Wildman–Crippen LogP) is 3.00. The number of aromatic nitrogens is 2. The monoisotopic (exact) mass is 289 g/mol. The van der Waals surface area contributed by atoms with Crippen molar-refractivity contribution in [3.05, 3.63) is 41.8 Å². The molecule has 1 amide bonds. The summed E-state index contributed by atoms with van der Waals surface area (Å²) >= 11 is 0. The number of aryl methyl sites for hydroxylation is 1. The SMILES string of the molecule is CC(C)[C@@H](C)NC(=O)c1cc(-c2ccccc2F)nn1C. The van der Waals surface area contributed by atoms with E-state index in [1.165, 1.54) is 10.7 Å². The summed E-state index contributed by atoms with van der Waals surface area (Å²) in [7, 11) is 1.68. The van der Waals surface area contributed by atoms with Crippen molar-refractivity contribution in [1.29, 1.82) is 0 Å². The van der Waals surface area contributed by atoms with Gasteiger partial charge in [-0.1, -0.05) is 26.0 Å². The largest absolute Gasteiger partial charge is 0.348 e. The first-order valence-corrected chi connectivity index (χ1v) is 7.00. The van der Waals surface area contributed by atoms with E-state index < -0.39 is 0 Å². The van der Waals surface area contributed by atoms with Crippen LogP contribution in [0.2, 0.25) is 0 Å². The topological polar surface area (TPSA) is 46.9 Å². The Kier molecular flexibility index (Phi) is 4.40. The smallest absolute Gasteiger partial charge is 0.269 e. The van der Waals surface area contributed by atoms with E-state index in [0.29, 0.717) is 22.9 Å². The Morgan fingerprint density at radius 2 is 1.95 bits per heavy atom. The molecule has 0 fully saturated rings. The number of hydrogen-bond donors (Lipinski definition) is 1. The quantitative estimate of drug-likeness (QED) is 0.940. The average Bonchev–Trinajstić information content (AvgIpc) is 2.81. The summed E-state index contributed by atoms with van der Waals surface area (Å²) in [6.07, 6.45) is 0. The first-order chi connectivity index (χ1) is 9.90. The van der Waals surface area contributed by atoms with Gasteiger partial charge in [-0.05, 0) is 31.0 Å². The van der Waals surface area contributed by atoms with Crippen molar-refractivity contribution in [1.82, 2.24) is 15.1 Å². The van der Waals surface area contributed by atoms with Crippen LogP contribution in [0.25, 0.3) is 11.3 Å². The third-order valence-corrected chi connectivity index (χ3v) is 3.62. The van der Waals surface area contributed by atoms with Crippen LogP contribution in [0.3, 0.4) is 0 Å². The third kappa shape index (κ3) is 3.29. The van der Waals surface area contributed by atoms with Gasteiger partial charge in [0.05, 0.1) is 5.69 Å². The molecule has 1 heterocycles. The van der Waals surface area contributed by atoms with Crippen LogP contribution in [0.1, 0.15) is 31.3 Å². The Morgan fingerprint density at radius 3 is 2.57 bits per heavy atom. The Balaban J connectivity index is 2.28. The zero-order valence-electron chi connectivity index (χ0n) is 12.7. The summed E-state index contributed by atoms with van der Waals surface area (Å²) in [6.45, 7) is 6.04. The molecule has 1 atom stereocenters. The molecule has 1 aromatic heterocycles. The van der Waals surface area contributed by atoms with Crippen LogP contribution in [0.5, 0.6) is 0 Å². The molecule has 0 radical (unpaired) electrons. The fraction of sp³-hybridized carbons (Fsp3) is 0.375. The van der Waals surface area contributed by atoms with Gasteiger partial charge in [0, 0.05) is 18.7 Å². The van der Waals surface area contributed by atoms with E-state index in [4.69, 9.17) is 0 Å². The second-order valence-electron chi connectivity index (χ2n) is 5.52.